The number of H-pyrrole nitrogens is 1. The third-order valence-corrected chi connectivity index (χ3v) is 4.08. The SMILES string of the molecule is C=CCOc1c(Br)cc(/C=C/c2n[nH]c(=O)c(C#N)c2C)cc1OCC. The van der Waals surface area contributed by atoms with Crippen LogP contribution in [0.1, 0.15) is 29.3 Å². The molecule has 0 unspecified atom stereocenters. The van der Waals surface area contributed by atoms with Crippen LogP contribution in [0.2, 0.25) is 0 Å². The number of benzene rings is 1. The van der Waals surface area contributed by atoms with Crippen LogP contribution in [-0.4, -0.2) is 23.4 Å². The first kappa shape index (κ1) is 19.5. The minimum Gasteiger partial charge on any atom is -0.490 e. The Labute approximate surface area is 159 Å². The van der Waals surface area contributed by atoms with Crippen LogP contribution in [0.25, 0.3) is 12.2 Å². The highest BCUT2D eigenvalue weighted by molar-refractivity contribution is 9.10. The van der Waals surface area contributed by atoms with E-state index in [1.54, 1.807) is 19.1 Å². The number of ether oxygens (including phenoxy) is 2. The van der Waals surface area contributed by atoms with E-state index in [4.69, 9.17) is 14.7 Å². The molecule has 1 aromatic carbocycles. The van der Waals surface area contributed by atoms with Crippen molar-refractivity contribution in [2.24, 2.45) is 0 Å². The lowest BCUT2D eigenvalue weighted by molar-refractivity contribution is 0.295. The van der Waals surface area contributed by atoms with Crippen LogP contribution >= 0.6 is 15.9 Å². The molecule has 0 atom stereocenters. The molecule has 0 aliphatic carbocycles. The van der Waals surface area contributed by atoms with Crippen LogP contribution in [0, 0.1) is 18.3 Å². The van der Waals surface area contributed by atoms with E-state index >= 15 is 0 Å². The van der Waals surface area contributed by atoms with Gasteiger partial charge in [0, 0.05) is 0 Å². The molecule has 2 aromatic rings. The lowest BCUT2D eigenvalue weighted by Gasteiger charge is -2.13. The third kappa shape index (κ3) is 4.41. The second-order valence-electron chi connectivity index (χ2n) is 5.25. The van der Waals surface area contributed by atoms with Crippen molar-refractivity contribution in [2.45, 2.75) is 13.8 Å². The summed E-state index contributed by atoms with van der Waals surface area (Å²) in [6.07, 6.45) is 5.21. The summed E-state index contributed by atoms with van der Waals surface area (Å²) in [5.41, 5.74) is 1.46. The summed E-state index contributed by atoms with van der Waals surface area (Å²) in [7, 11) is 0. The molecule has 2 rings (SSSR count). The molecular formula is C19H18BrN3O3. The summed E-state index contributed by atoms with van der Waals surface area (Å²) < 4.78 is 12.0. The molecule has 0 amide bonds. The van der Waals surface area contributed by atoms with Crippen LogP contribution in [-0.2, 0) is 0 Å². The lowest BCUT2D eigenvalue weighted by Crippen LogP contribution is -2.15. The van der Waals surface area contributed by atoms with Gasteiger partial charge in [-0.15, -0.1) is 0 Å². The Kier molecular flexibility index (Phi) is 6.75. The normalized spacial score (nSPS) is 10.5. The summed E-state index contributed by atoms with van der Waals surface area (Å²) in [4.78, 5) is 11.6. The number of aromatic amines is 1. The van der Waals surface area contributed by atoms with E-state index in [1.807, 2.05) is 31.2 Å². The molecule has 0 saturated carbocycles. The number of hydrogen-bond donors (Lipinski definition) is 1. The highest BCUT2D eigenvalue weighted by atomic mass is 79.9. The topological polar surface area (TPSA) is 88.0 Å². The van der Waals surface area contributed by atoms with E-state index in [0.717, 1.165) is 10.0 Å². The van der Waals surface area contributed by atoms with Gasteiger partial charge in [-0.2, -0.15) is 10.4 Å². The Balaban J connectivity index is 2.41. The summed E-state index contributed by atoms with van der Waals surface area (Å²) in [6.45, 7) is 8.09. The molecule has 0 aliphatic heterocycles. The zero-order valence-electron chi connectivity index (χ0n) is 14.5. The van der Waals surface area contributed by atoms with Crippen molar-refractivity contribution in [3.05, 3.63) is 62.0 Å². The first-order valence-corrected chi connectivity index (χ1v) is 8.68. The molecule has 6 nitrogen and oxygen atoms in total. The number of nitrogens with one attached hydrogen (secondary N) is 1. The Morgan fingerprint density at radius 3 is 2.81 bits per heavy atom. The highest BCUT2D eigenvalue weighted by Gasteiger charge is 2.12. The Bertz CT molecular complexity index is 942. The van der Waals surface area contributed by atoms with Crippen molar-refractivity contribution >= 4 is 28.1 Å². The van der Waals surface area contributed by atoms with E-state index in [9.17, 15) is 4.79 Å². The predicted octanol–water partition coefficient (Wildman–Crippen LogP) is 3.85. The second-order valence-corrected chi connectivity index (χ2v) is 6.10. The second kappa shape index (κ2) is 9.02. The van der Waals surface area contributed by atoms with E-state index < -0.39 is 5.56 Å². The number of nitrogens with zero attached hydrogens (tertiary/aromatic N) is 2. The maximum atomic E-state index is 11.6. The zero-order chi connectivity index (χ0) is 19.1. The van der Waals surface area contributed by atoms with Gasteiger partial charge in [-0.05, 0) is 59.1 Å². The maximum Gasteiger partial charge on any atom is 0.282 e. The van der Waals surface area contributed by atoms with Crippen molar-refractivity contribution < 1.29 is 9.47 Å². The molecule has 7 heteroatoms. The molecule has 0 saturated heterocycles. The van der Waals surface area contributed by atoms with Crippen LogP contribution in [0.4, 0.5) is 0 Å². The number of aromatic nitrogens is 2. The van der Waals surface area contributed by atoms with Crippen molar-refractivity contribution in [1.82, 2.24) is 10.2 Å². The summed E-state index contributed by atoms with van der Waals surface area (Å²) >= 11 is 3.49. The largest absolute Gasteiger partial charge is 0.490 e. The van der Waals surface area contributed by atoms with Gasteiger partial charge in [0.05, 0.1) is 16.8 Å². The monoisotopic (exact) mass is 415 g/mol. The van der Waals surface area contributed by atoms with Gasteiger partial charge < -0.3 is 9.47 Å². The van der Waals surface area contributed by atoms with Gasteiger partial charge in [0.1, 0.15) is 18.2 Å². The van der Waals surface area contributed by atoms with Gasteiger partial charge in [-0.3, -0.25) is 4.79 Å². The molecule has 0 spiro atoms. The van der Waals surface area contributed by atoms with Crippen LogP contribution in [0.3, 0.4) is 0 Å². The van der Waals surface area contributed by atoms with Crippen LogP contribution < -0.4 is 15.0 Å². The van der Waals surface area contributed by atoms with Gasteiger partial charge in [-0.25, -0.2) is 5.10 Å². The third-order valence-electron chi connectivity index (χ3n) is 3.49. The molecule has 0 radical (unpaired) electrons. The summed E-state index contributed by atoms with van der Waals surface area (Å²) in [6, 6.07) is 5.62. The first-order chi connectivity index (χ1) is 12.5. The fourth-order valence-corrected chi connectivity index (χ4v) is 2.82. The van der Waals surface area contributed by atoms with Gasteiger partial charge in [0.25, 0.3) is 5.56 Å². The van der Waals surface area contributed by atoms with Crippen LogP contribution in [0.15, 0.2) is 34.1 Å². The summed E-state index contributed by atoms with van der Waals surface area (Å²) in [5, 5.41) is 15.4. The number of rotatable bonds is 7. The van der Waals surface area contributed by atoms with E-state index in [2.05, 4.69) is 32.7 Å². The molecule has 1 aromatic heterocycles. The van der Waals surface area contributed by atoms with Gasteiger partial charge in [0.2, 0.25) is 0 Å². The highest BCUT2D eigenvalue weighted by Crippen LogP contribution is 2.37. The molecule has 1 heterocycles. The van der Waals surface area contributed by atoms with E-state index in [1.165, 1.54) is 0 Å². The molecule has 0 fully saturated rings. The van der Waals surface area contributed by atoms with E-state index in [-0.39, 0.29) is 5.56 Å². The quantitative estimate of drug-likeness (QED) is 0.693. The van der Waals surface area contributed by atoms with Crippen LogP contribution in [0.5, 0.6) is 11.5 Å². The minimum absolute atomic E-state index is 0.0593. The molecule has 0 bridgehead atoms. The minimum atomic E-state index is -0.493. The zero-order valence-corrected chi connectivity index (χ0v) is 16.1. The van der Waals surface area contributed by atoms with Crippen molar-refractivity contribution in [2.75, 3.05) is 13.2 Å². The summed E-state index contributed by atoms with van der Waals surface area (Å²) in [5.74, 6) is 1.21. The Morgan fingerprint density at radius 2 is 2.15 bits per heavy atom. The maximum absolute atomic E-state index is 11.6. The standard InChI is InChI=1S/C19H18BrN3O3/c1-4-8-26-18-15(20)9-13(10-17(18)25-5-2)6-7-16-12(3)14(11-21)19(24)23-22-16/h4,6-7,9-10H,1,5,8H2,2-3H3,(H,23,24)/b7-6+. The lowest BCUT2D eigenvalue weighted by atomic mass is 10.1. The fourth-order valence-electron chi connectivity index (χ4n) is 2.25. The number of hydrogen-bond acceptors (Lipinski definition) is 5. The number of nitriles is 1. The fraction of sp³-hybridized carbons (Fsp3) is 0.211. The van der Waals surface area contributed by atoms with Gasteiger partial charge >= 0.3 is 0 Å². The number of halogens is 1. The average Bonchev–Trinajstić information content (AvgIpc) is 2.61. The molecule has 134 valence electrons. The van der Waals surface area contributed by atoms with Gasteiger partial charge in [-0.1, -0.05) is 18.7 Å². The van der Waals surface area contributed by atoms with Crippen molar-refractivity contribution in [3.8, 4) is 17.6 Å². The molecule has 26 heavy (non-hydrogen) atoms. The predicted molar refractivity (Wildman–Crippen MR) is 104 cm³/mol. The average molecular weight is 416 g/mol. The van der Waals surface area contributed by atoms with Crippen molar-refractivity contribution in [3.63, 3.8) is 0 Å². The first-order valence-electron chi connectivity index (χ1n) is 7.89. The Hall–Kier alpha value is -2.85. The molecule has 1 N–H and O–H groups in total. The van der Waals surface area contributed by atoms with E-state index in [0.29, 0.717) is 36.0 Å². The van der Waals surface area contributed by atoms with Gasteiger partial charge in [0.15, 0.2) is 11.5 Å². The Morgan fingerprint density at radius 1 is 1.38 bits per heavy atom. The van der Waals surface area contributed by atoms with Crippen molar-refractivity contribution in [1.29, 1.82) is 5.26 Å². The molecular weight excluding hydrogens is 398 g/mol. The smallest absolute Gasteiger partial charge is 0.282 e. The molecule has 0 aliphatic rings.